The van der Waals surface area contributed by atoms with Gasteiger partial charge in [0.1, 0.15) is 5.75 Å². The molecule has 1 aliphatic rings. The predicted octanol–water partition coefficient (Wildman–Crippen LogP) is 6.07. The van der Waals surface area contributed by atoms with Crippen LogP contribution in [-0.4, -0.2) is 6.29 Å². The lowest BCUT2D eigenvalue weighted by Gasteiger charge is -2.13. The van der Waals surface area contributed by atoms with E-state index in [1.54, 1.807) is 30.3 Å². The monoisotopic (exact) mass is 389 g/mol. The second-order valence-electron chi connectivity index (χ2n) is 5.85. The minimum atomic E-state index is -3.62. The number of para-hydroxylation sites is 2. The van der Waals surface area contributed by atoms with Crippen LogP contribution in [0.1, 0.15) is 5.56 Å². The highest BCUT2D eigenvalue weighted by molar-refractivity contribution is 6.30. The Morgan fingerprint density at radius 3 is 2.48 bits per heavy atom. The first-order valence-corrected chi connectivity index (χ1v) is 8.51. The van der Waals surface area contributed by atoms with Crippen molar-refractivity contribution in [2.75, 3.05) is 5.32 Å². The smallest absolute Gasteiger partial charge is 0.455 e. The highest BCUT2D eigenvalue weighted by Crippen LogP contribution is 2.41. The van der Waals surface area contributed by atoms with Crippen molar-refractivity contribution in [1.82, 2.24) is 0 Å². The minimum Gasteiger partial charge on any atom is -0.455 e. The maximum Gasteiger partial charge on any atom is 0.586 e. The van der Waals surface area contributed by atoms with Gasteiger partial charge in [0.2, 0.25) is 0 Å². The van der Waals surface area contributed by atoms with Gasteiger partial charge in [-0.05, 0) is 54.1 Å². The van der Waals surface area contributed by atoms with E-state index in [1.165, 1.54) is 12.1 Å². The van der Waals surface area contributed by atoms with Crippen LogP contribution in [0.5, 0.6) is 23.0 Å². The van der Waals surface area contributed by atoms with Crippen molar-refractivity contribution in [3.05, 3.63) is 77.3 Å². The molecular formula is C20H14ClF2NO3. The average Bonchev–Trinajstić information content (AvgIpc) is 2.96. The van der Waals surface area contributed by atoms with Crippen molar-refractivity contribution >= 4 is 17.3 Å². The van der Waals surface area contributed by atoms with Crippen molar-refractivity contribution in [2.24, 2.45) is 0 Å². The molecule has 0 aromatic heterocycles. The highest BCUT2D eigenvalue weighted by atomic mass is 35.5. The Morgan fingerprint density at radius 2 is 1.67 bits per heavy atom. The number of hydrogen-bond acceptors (Lipinski definition) is 4. The summed E-state index contributed by atoms with van der Waals surface area (Å²) in [7, 11) is 0. The van der Waals surface area contributed by atoms with Gasteiger partial charge in [-0.15, -0.1) is 8.78 Å². The van der Waals surface area contributed by atoms with E-state index >= 15 is 0 Å². The van der Waals surface area contributed by atoms with E-state index in [9.17, 15) is 8.78 Å². The van der Waals surface area contributed by atoms with Gasteiger partial charge in [-0.2, -0.15) is 0 Å². The number of nitrogens with one attached hydrogen (secondary N) is 1. The Kier molecular flexibility index (Phi) is 4.49. The lowest BCUT2D eigenvalue weighted by molar-refractivity contribution is -0.286. The molecule has 0 atom stereocenters. The maximum absolute atomic E-state index is 13.1. The van der Waals surface area contributed by atoms with E-state index in [0.717, 1.165) is 11.3 Å². The Balaban J connectivity index is 1.47. The van der Waals surface area contributed by atoms with Gasteiger partial charge < -0.3 is 19.5 Å². The van der Waals surface area contributed by atoms with Crippen LogP contribution in [0.3, 0.4) is 0 Å². The molecule has 0 fully saturated rings. The number of rotatable bonds is 5. The topological polar surface area (TPSA) is 39.7 Å². The molecule has 27 heavy (non-hydrogen) atoms. The molecule has 7 heteroatoms. The molecule has 0 saturated carbocycles. The summed E-state index contributed by atoms with van der Waals surface area (Å²) < 4.78 is 41.0. The van der Waals surface area contributed by atoms with E-state index in [2.05, 4.69) is 14.8 Å². The van der Waals surface area contributed by atoms with Gasteiger partial charge >= 0.3 is 6.29 Å². The molecule has 138 valence electrons. The molecule has 0 amide bonds. The largest absolute Gasteiger partial charge is 0.586 e. The summed E-state index contributed by atoms with van der Waals surface area (Å²) >= 11 is 5.89. The third kappa shape index (κ3) is 4.06. The van der Waals surface area contributed by atoms with Crippen LogP contribution in [-0.2, 0) is 6.54 Å². The predicted molar refractivity (Wildman–Crippen MR) is 97.9 cm³/mol. The number of anilines is 1. The van der Waals surface area contributed by atoms with Crippen LogP contribution >= 0.6 is 11.6 Å². The molecule has 4 rings (SSSR count). The first-order chi connectivity index (χ1) is 13.0. The molecule has 1 N–H and O–H groups in total. The van der Waals surface area contributed by atoms with Crippen LogP contribution in [0, 0.1) is 0 Å². The second kappa shape index (κ2) is 6.96. The first kappa shape index (κ1) is 17.4. The molecule has 0 saturated heterocycles. The number of ether oxygens (including phenoxy) is 3. The van der Waals surface area contributed by atoms with Gasteiger partial charge in [0.15, 0.2) is 17.2 Å². The van der Waals surface area contributed by atoms with Crippen LogP contribution in [0.25, 0.3) is 0 Å². The summed E-state index contributed by atoms with van der Waals surface area (Å²) in [6.07, 6.45) is -3.62. The van der Waals surface area contributed by atoms with Crippen molar-refractivity contribution in [3.8, 4) is 23.0 Å². The fraction of sp³-hybridized carbons (Fsp3) is 0.100. The van der Waals surface area contributed by atoms with E-state index in [1.807, 2.05) is 24.3 Å². The average molecular weight is 390 g/mol. The molecule has 1 aliphatic heterocycles. The lowest BCUT2D eigenvalue weighted by Crippen LogP contribution is -2.25. The third-order valence-electron chi connectivity index (χ3n) is 3.88. The van der Waals surface area contributed by atoms with Gasteiger partial charge in [0.25, 0.3) is 0 Å². The first-order valence-electron chi connectivity index (χ1n) is 8.14. The molecule has 3 aromatic carbocycles. The van der Waals surface area contributed by atoms with Crippen molar-refractivity contribution in [2.45, 2.75) is 12.8 Å². The summed E-state index contributed by atoms with van der Waals surface area (Å²) in [6.45, 7) is 0.392. The number of alkyl halides is 2. The number of halogens is 3. The van der Waals surface area contributed by atoms with E-state index in [-0.39, 0.29) is 11.5 Å². The van der Waals surface area contributed by atoms with Gasteiger partial charge in [-0.25, -0.2) is 0 Å². The Morgan fingerprint density at radius 1 is 0.926 bits per heavy atom. The van der Waals surface area contributed by atoms with Gasteiger partial charge in [0, 0.05) is 11.6 Å². The van der Waals surface area contributed by atoms with Crippen molar-refractivity contribution in [1.29, 1.82) is 0 Å². The fourth-order valence-electron chi connectivity index (χ4n) is 2.63. The number of hydrogen-bond donors (Lipinski definition) is 1. The zero-order valence-corrected chi connectivity index (χ0v) is 14.7. The van der Waals surface area contributed by atoms with Crippen LogP contribution < -0.4 is 19.5 Å². The maximum atomic E-state index is 13.1. The Bertz CT molecular complexity index is 964. The van der Waals surface area contributed by atoms with Crippen molar-refractivity contribution < 1.29 is 23.0 Å². The highest BCUT2D eigenvalue weighted by Gasteiger charge is 2.43. The third-order valence-corrected chi connectivity index (χ3v) is 4.13. The molecule has 4 nitrogen and oxygen atoms in total. The van der Waals surface area contributed by atoms with Gasteiger partial charge in [-0.1, -0.05) is 29.8 Å². The molecule has 0 radical (unpaired) electrons. The molecule has 0 unspecified atom stereocenters. The number of fused-ring (bicyclic) bond motifs is 1. The van der Waals surface area contributed by atoms with Crippen molar-refractivity contribution in [3.63, 3.8) is 0 Å². The second-order valence-corrected chi connectivity index (χ2v) is 6.29. The summed E-state index contributed by atoms with van der Waals surface area (Å²) in [5.74, 6) is 1.33. The molecule has 0 aliphatic carbocycles. The van der Waals surface area contributed by atoms with E-state index < -0.39 is 6.29 Å². The van der Waals surface area contributed by atoms with E-state index in [0.29, 0.717) is 23.1 Å². The van der Waals surface area contributed by atoms with Gasteiger partial charge in [0.05, 0.1) is 5.69 Å². The molecule has 1 heterocycles. The quantitative estimate of drug-likeness (QED) is 0.575. The van der Waals surface area contributed by atoms with Gasteiger partial charge in [-0.3, -0.25) is 0 Å². The van der Waals surface area contributed by atoms with Crippen LogP contribution in [0.15, 0.2) is 66.7 Å². The zero-order chi connectivity index (χ0) is 18.9. The summed E-state index contributed by atoms with van der Waals surface area (Å²) in [4.78, 5) is 0. The molecule has 3 aromatic rings. The summed E-state index contributed by atoms with van der Waals surface area (Å²) in [6, 6.07) is 19.1. The minimum absolute atomic E-state index is 0.0185. The molecular weight excluding hydrogens is 376 g/mol. The summed E-state index contributed by atoms with van der Waals surface area (Å²) in [5.41, 5.74) is 1.52. The lowest BCUT2D eigenvalue weighted by atomic mass is 10.2. The Hall–Kier alpha value is -2.99. The fourth-order valence-corrected chi connectivity index (χ4v) is 2.76. The molecule has 0 spiro atoms. The van der Waals surface area contributed by atoms with Crippen LogP contribution in [0.2, 0.25) is 5.02 Å². The SMILES string of the molecule is FC1(F)Oc2ccc(CNc3ccccc3Oc3ccc(Cl)cc3)cc2O1. The summed E-state index contributed by atoms with van der Waals surface area (Å²) in [5, 5.41) is 3.87. The van der Waals surface area contributed by atoms with E-state index in [4.69, 9.17) is 16.3 Å². The van der Waals surface area contributed by atoms with Crippen LogP contribution in [0.4, 0.5) is 14.5 Å². The molecule has 0 bridgehead atoms. The number of benzene rings is 3. The zero-order valence-electron chi connectivity index (χ0n) is 13.9. The normalized spacial score (nSPS) is 14.0. The Labute approximate surface area is 159 Å². The standard InChI is InChI=1S/C20H14ClF2NO3/c21-14-6-8-15(9-7-14)25-17-4-2-1-3-16(17)24-12-13-5-10-18-19(11-13)27-20(22,23)26-18/h1-11,24H,12H2.